The molecule has 1 amide bonds. The van der Waals surface area contributed by atoms with Crippen LogP contribution in [0, 0.1) is 0 Å². The van der Waals surface area contributed by atoms with Gasteiger partial charge >= 0.3 is 0 Å². The monoisotopic (exact) mass is 460 g/mol. The zero-order valence-electron chi connectivity index (χ0n) is 17.5. The number of hydrogen-bond donors (Lipinski definition) is 1. The van der Waals surface area contributed by atoms with Gasteiger partial charge in [0, 0.05) is 41.6 Å². The van der Waals surface area contributed by atoms with E-state index in [0.717, 1.165) is 62.3 Å². The molecule has 1 fully saturated rings. The number of nitrogens with zero attached hydrogens (tertiary/aromatic N) is 3. The number of aromatic nitrogens is 2. The number of nitrogens with one attached hydrogen (secondary N) is 1. The largest absolute Gasteiger partial charge is 0.379 e. The number of carbonyl (C=O) groups excluding carboxylic acids is 1. The van der Waals surface area contributed by atoms with Crippen LogP contribution in [0.3, 0.4) is 0 Å². The Morgan fingerprint density at radius 3 is 2.68 bits per heavy atom. The SMILES string of the molecule is CCc1cccc2c(C(=O)NCc3ccc(Cl)cc3Cl)nn(CCN3CCOCC3)c12. The molecule has 4 rings (SSSR count). The van der Waals surface area contributed by atoms with E-state index in [1.807, 2.05) is 22.9 Å². The van der Waals surface area contributed by atoms with Gasteiger partial charge in [-0.3, -0.25) is 14.4 Å². The molecule has 31 heavy (non-hydrogen) atoms. The van der Waals surface area contributed by atoms with Crippen molar-refractivity contribution < 1.29 is 9.53 Å². The lowest BCUT2D eigenvalue weighted by Gasteiger charge is -2.26. The molecule has 0 bridgehead atoms. The Morgan fingerprint density at radius 1 is 1.13 bits per heavy atom. The van der Waals surface area contributed by atoms with E-state index in [2.05, 4.69) is 23.2 Å². The molecule has 0 aliphatic carbocycles. The summed E-state index contributed by atoms with van der Waals surface area (Å²) in [5.74, 6) is -0.214. The second-order valence-corrected chi connectivity index (χ2v) is 8.45. The van der Waals surface area contributed by atoms with Gasteiger partial charge in [-0.05, 0) is 29.7 Å². The molecule has 2 heterocycles. The van der Waals surface area contributed by atoms with Gasteiger partial charge < -0.3 is 10.1 Å². The van der Waals surface area contributed by atoms with Crippen LogP contribution in [0.4, 0.5) is 0 Å². The van der Waals surface area contributed by atoms with Crippen molar-refractivity contribution in [3.05, 3.63) is 63.3 Å². The van der Waals surface area contributed by atoms with E-state index in [1.165, 1.54) is 5.56 Å². The maximum atomic E-state index is 13.0. The highest BCUT2D eigenvalue weighted by Gasteiger charge is 2.20. The Hall–Kier alpha value is -2.12. The smallest absolute Gasteiger partial charge is 0.272 e. The molecule has 0 spiro atoms. The summed E-state index contributed by atoms with van der Waals surface area (Å²) in [5.41, 5.74) is 3.47. The molecule has 0 saturated carbocycles. The van der Waals surface area contributed by atoms with E-state index in [-0.39, 0.29) is 5.91 Å². The Kier molecular flexibility index (Phi) is 7.13. The third-order valence-corrected chi connectivity index (χ3v) is 6.22. The normalized spacial score (nSPS) is 14.8. The Morgan fingerprint density at radius 2 is 1.94 bits per heavy atom. The molecular weight excluding hydrogens is 435 g/mol. The number of aryl methyl sites for hydroxylation is 1. The third-order valence-electron chi connectivity index (χ3n) is 5.64. The lowest BCUT2D eigenvalue weighted by atomic mass is 10.1. The van der Waals surface area contributed by atoms with Gasteiger partial charge in [0.15, 0.2) is 5.69 Å². The van der Waals surface area contributed by atoms with Crippen molar-refractivity contribution in [1.29, 1.82) is 0 Å². The van der Waals surface area contributed by atoms with Gasteiger partial charge in [-0.2, -0.15) is 5.10 Å². The van der Waals surface area contributed by atoms with E-state index in [9.17, 15) is 4.79 Å². The second kappa shape index (κ2) is 10.0. The van der Waals surface area contributed by atoms with Crippen molar-refractivity contribution >= 4 is 40.0 Å². The van der Waals surface area contributed by atoms with E-state index < -0.39 is 0 Å². The molecule has 0 radical (unpaired) electrons. The fraction of sp³-hybridized carbons (Fsp3) is 0.391. The van der Waals surface area contributed by atoms with Crippen molar-refractivity contribution in [3.8, 4) is 0 Å². The summed E-state index contributed by atoms with van der Waals surface area (Å²) >= 11 is 12.2. The van der Waals surface area contributed by atoms with Crippen LogP contribution in [0.5, 0.6) is 0 Å². The summed E-state index contributed by atoms with van der Waals surface area (Å²) in [4.78, 5) is 15.4. The number of hydrogen-bond acceptors (Lipinski definition) is 4. The van der Waals surface area contributed by atoms with Crippen LogP contribution >= 0.6 is 23.2 Å². The minimum Gasteiger partial charge on any atom is -0.379 e. The Labute approximate surface area is 192 Å². The van der Waals surface area contributed by atoms with Crippen LogP contribution in [-0.2, 0) is 24.2 Å². The van der Waals surface area contributed by atoms with Gasteiger partial charge in [0.25, 0.3) is 5.91 Å². The van der Waals surface area contributed by atoms with Gasteiger partial charge in [-0.15, -0.1) is 0 Å². The second-order valence-electron chi connectivity index (χ2n) is 7.61. The molecule has 1 aromatic heterocycles. The molecule has 8 heteroatoms. The van der Waals surface area contributed by atoms with E-state index in [0.29, 0.717) is 22.3 Å². The number of ether oxygens (including phenoxy) is 1. The maximum absolute atomic E-state index is 13.0. The van der Waals surface area contributed by atoms with Crippen molar-refractivity contribution in [2.75, 3.05) is 32.8 Å². The van der Waals surface area contributed by atoms with Crippen molar-refractivity contribution in [2.24, 2.45) is 0 Å². The molecule has 3 aromatic rings. The predicted octanol–water partition coefficient (Wildman–Crippen LogP) is 4.17. The number of morpholine rings is 1. The molecule has 6 nitrogen and oxygen atoms in total. The van der Waals surface area contributed by atoms with Crippen LogP contribution in [0.15, 0.2) is 36.4 Å². The number of halogens is 2. The summed E-state index contributed by atoms with van der Waals surface area (Å²) in [6.45, 7) is 7.41. The molecule has 164 valence electrons. The maximum Gasteiger partial charge on any atom is 0.272 e. The van der Waals surface area contributed by atoms with Crippen LogP contribution in [0.1, 0.15) is 28.5 Å². The number of para-hydroxylation sites is 1. The summed E-state index contributed by atoms with van der Waals surface area (Å²) in [6.07, 6.45) is 0.877. The molecule has 1 aliphatic heterocycles. The molecule has 1 saturated heterocycles. The zero-order chi connectivity index (χ0) is 21.8. The summed E-state index contributed by atoms with van der Waals surface area (Å²) in [7, 11) is 0. The molecule has 0 unspecified atom stereocenters. The Balaban J connectivity index is 1.57. The molecule has 1 aliphatic rings. The van der Waals surface area contributed by atoms with Gasteiger partial charge in [-0.1, -0.05) is 54.4 Å². The number of fused-ring (bicyclic) bond motifs is 1. The first-order valence-corrected chi connectivity index (χ1v) is 11.3. The summed E-state index contributed by atoms with van der Waals surface area (Å²) in [5, 5.41) is 9.65. The standard InChI is InChI=1S/C23H26Cl2N4O2/c1-2-16-4-3-5-19-21(23(30)26-15-17-6-7-18(24)14-20(17)25)27-29(22(16)19)9-8-28-10-12-31-13-11-28/h3-7,14H,2,8-13,15H2,1H3,(H,26,30). The summed E-state index contributed by atoms with van der Waals surface area (Å²) < 4.78 is 7.42. The highest BCUT2D eigenvalue weighted by Crippen LogP contribution is 2.24. The van der Waals surface area contributed by atoms with Gasteiger partial charge in [-0.25, -0.2) is 0 Å². The number of amides is 1. The van der Waals surface area contributed by atoms with Crippen molar-refractivity contribution in [1.82, 2.24) is 20.0 Å². The summed E-state index contributed by atoms with van der Waals surface area (Å²) in [6, 6.07) is 11.3. The topological polar surface area (TPSA) is 59.4 Å². The van der Waals surface area contributed by atoms with Crippen molar-refractivity contribution in [3.63, 3.8) is 0 Å². The first kappa shape index (κ1) is 22.1. The Bertz CT molecular complexity index is 1080. The van der Waals surface area contributed by atoms with E-state index in [1.54, 1.807) is 12.1 Å². The third kappa shape index (κ3) is 5.04. The molecule has 2 aromatic carbocycles. The van der Waals surface area contributed by atoms with E-state index in [4.69, 9.17) is 33.0 Å². The van der Waals surface area contributed by atoms with Crippen LogP contribution < -0.4 is 5.32 Å². The quantitative estimate of drug-likeness (QED) is 0.574. The highest BCUT2D eigenvalue weighted by atomic mass is 35.5. The lowest BCUT2D eigenvalue weighted by molar-refractivity contribution is 0.0361. The van der Waals surface area contributed by atoms with Gasteiger partial charge in [0.2, 0.25) is 0 Å². The molecular formula is C23H26Cl2N4O2. The number of carbonyl (C=O) groups is 1. The fourth-order valence-corrected chi connectivity index (χ4v) is 4.39. The average molecular weight is 461 g/mol. The zero-order valence-corrected chi connectivity index (χ0v) is 19.0. The van der Waals surface area contributed by atoms with Gasteiger partial charge in [0.05, 0.1) is 25.3 Å². The first-order chi connectivity index (χ1) is 15.1. The van der Waals surface area contributed by atoms with Gasteiger partial charge in [0.1, 0.15) is 0 Å². The van der Waals surface area contributed by atoms with Crippen LogP contribution in [0.25, 0.3) is 10.9 Å². The lowest BCUT2D eigenvalue weighted by Crippen LogP contribution is -2.38. The predicted molar refractivity (Wildman–Crippen MR) is 124 cm³/mol. The van der Waals surface area contributed by atoms with Crippen LogP contribution in [-0.4, -0.2) is 53.4 Å². The minimum absolute atomic E-state index is 0.214. The number of rotatable bonds is 7. The number of benzene rings is 2. The molecule has 0 atom stereocenters. The highest BCUT2D eigenvalue weighted by molar-refractivity contribution is 6.35. The van der Waals surface area contributed by atoms with Crippen LogP contribution in [0.2, 0.25) is 10.0 Å². The average Bonchev–Trinajstić information content (AvgIpc) is 3.16. The molecule has 1 N–H and O–H groups in total. The minimum atomic E-state index is -0.214. The van der Waals surface area contributed by atoms with Crippen molar-refractivity contribution in [2.45, 2.75) is 26.4 Å². The fourth-order valence-electron chi connectivity index (χ4n) is 3.91. The first-order valence-electron chi connectivity index (χ1n) is 10.6. The van der Waals surface area contributed by atoms with E-state index >= 15 is 0 Å².